The summed E-state index contributed by atoms with van der Waals surface area (Å²) in [7, 11) is 0. The van der Waals surface area contributed by atoms with E-state index in [9.17, 15) is 9.90 Å². The predicted molar refractivity (Wildman–Crippen MR) is 67.6 cm³/mol. The Kier molecular flexibility index (Phi) is 3.51. The van der Waals surface area contributed by atoms with Crippen LogP contribution in [0, 0.1) is 6.92 Å². The summed E-state index contributed by atoms with van der Waals surface area (Å²) in [6.45, 7) is 9.39. The van der Waals surface area contributed by atoms with Crippen molar-refractivity contribution in [3.63, 3.8) is 0 Å². The topological polar surface area (TPSA) is 57.5 Å². The Morgan fingerprint density at radius 1 is 1.29 bits per heavy atom. The van der Waals surface area contributed by atoms with Crippen LogP contribution in [0.4, 0.5) is 0 Å². The van der Waals surface area contributed by atoms with Crippen LogP contribution in [0.5, 0.6) is 5.75 Å². The van der Waals surface area contributed by atoms with E-state index in [-0.39, 0.29) is 11.2 Å². The van der Waals surface area contributed by atoms with E-state index in [0.717, 1.165) is 11.1 Å². The molecule has 1 aromatic rings. The second-order valence-corrected chi connectivity index (χ2v) is 5.50. The van der Waals surface area contributed by atoms with Gasteiger partial charge in [0.05, 0.1) is 5.92 Å². The van der Waals surface area contributed by atoms with Gasteiger partial charge in [-0.2, -0.15) is 0 Å². The highest BCUT2D eigenvalue weighted by atomic mass is 16.4. The van der Waals surface area contributed by atoms with Gasteiger partial charge in [0.1, 0.15) is 5.75 Å². The molecule has 0 radical (unpaired) electrons. The van der Waals surface area contributed by atoms with Crippen molar-refractivity contribution in [1.82, 2.24) is 0 Å². The molecular formula is C14H20O3. The zero-order chi connectivity index (χ0) is 13.4. The minimum atomic E-state index is -0.922. The Bertz CT molecular complexity index is 442. The molecule has 0 saturated heterocycles. The van der Waals surface area contributed by atoms with Gasteiger partial charge in [0.2, 0.25) is 0 Å². The maximum atomic E-state index is 11.1. The molecule has 0 amide bonds. The average Bonchev–Trinajstić information content (AvgIpc) is 2.14. The van der Waals surface area contributed by atoms with Crippen molar-refractivity contribution in [1.29, 1.82) is 0 Å². The normalized spacial score (nSPS) is 13.5. The maximum absolute atomic E-state index is 11.1. The lowest BCUT2D eigenvalue weighted by atomic mass is 9.82. The van der Waals surface area contributed by atoms with Crippen LogP contribution in [0.1, 0.15) is 50.3 Å². The molecule has 1 rings (SSSR count). The number of carboxylic acids is 1. The highest BCUT2D eigenvalue weighted by Crippen LogP contribution is 2.38. The molecule has 0 saturated carbocycles. The summed E-state index contributed by atoms with van der Waals surface area (Å²) >= 11 is 0. The van der Waals surface area contributed by atoms with Crippen molar-refractivity contribution in [2.75, 3.05) is 0 Å². The van der Waals surface area contributed by atoms with Crippen molar-refractivity contribution in [2.24, 2.45) is 0 Å². The summed E-state index contributed by atoms with van der Waals surface area (Å²) < 4.78 is 0. The summed E-state index contributed by atoms with van der Waals surface area (Å²) in [6.07, 6.45) is 0. The first-order valence-corrected chi connectivity index (χ1v) is 5.72. The number of aryl methyl sites for hydroxylation is 1. The smallest absolute Gasteiger partial charge is 0.310 e. The van der Waals surface area contributed by atoms with Crippen LogP contribution in [0.3, 0.4) is 0 Å². The number of aliphatic carboxylic acids is 1. The zero-order valence-electron chi connectivity index (χ0n) is 11.0. The van der Waals surface area contributed by atoms with Crippen LogP contribution in [0.15, 0.2) is 12.1 Å². The lowest BCUT2D eigenvalue weighted by Crippen LogP contribution is -2.15. The lowest BCUT2D eigenvalue weighted by molar-refractivity contribution is -0.138. The second-order valence-electron chi connectivity index (χ2n) is 5.50. The van der Waals surface area contributed by atoms with Gasteiger partial charge >= 0.3 is 5.97 Å². The number of rotatable bonds is 2. The first kappa shape index (κ1) is 13.6. The third-order valence-corrected chi connectivity index (χ3v) is 3.05. The third-order valence-electron chi connectivity index (χ3n) is 3.05. The van der Waals surface area contributed by atoms with E-state index < -0.39 is 11.9 Å². The third kappa shape index (κ3) is 2.60. The second kappa shape index (κ2) is 4.40. The number of hydrogen-bond donors (Lipinski definition) is 2. The van der Waals surface area contributed by atoms with Crippen LogP contribution in [-0.2, 0) is 10.2 Å². The van der Waals surface area contributed by atoms with Gasteiger partial charge in [-0.1, -0.05) is 32.9 Å². The number of hydrogen-bond acceptors (Lipinski definition) is 2. The van der Waals surface area contributed by atoms with Crippen LogP contribution >= 0.6 is 0 Å². The number of benzene rings is 1. The number of carboxylic acid groups (broad SMARTS) is 1. The molecule has 94 valence electrons. The van der Waals surface area contributed by atoms with Crippen LogP contribution in [-0.4, -0.2) is 16.2 Å². The highest BCUT2D eigenvalue weighted by molar-refractivity contribution is 5.77. The van der Waals surface area contributed by atoms with Crippen LogP contribution in [0.2, 0.25) is 0 Å². The maximum Gasteiger partial charge on any atom is 0.310 e. The molecule has 1 aromatic carbocycles. The fraction of sp³-hybridized carbons (Fsp3) is 0.500. The lowest BCUT2D eigenvalue weighted by Gasteiger charge is -2.24. The molecule has 0 fully saturated rings. The molecule has 1 atom stereocenters. The van der Waals surface area contributed by atoms with E-state index in [1.165, 1.54) is 0 Å². The van der Waals surface area contributed by atoms with Gasteiger partial charge in [0.15, 0.2) is 0 Å². The molecule has 17 heavy (non-hydrogen) atoms. The van der Waals surface area contributed by atoms with Crippen molar-refractivity contribution in [3.05, 3.63) is 28.8 Å². The van der Waals surface area contributed by atoms with E-state index in [4.69, 9.17) is 5.11 Å². The minimum Gasteiger partial charge on any atom is -0.507 e. The fourth-order valence-electron chi connectivity index (χ4n) is 1.98. The van der Waals surface area contributed by atoms with Crippen LogP contribution < -0.4 is 0 Å². The van der Waals surface area contributed by atoms with Crippen molar-refractivity contribution in [3.8, 4) is 5.75 Å². The van der Waals surface area contributed by atoms with Gasteiger partial charge < -0.3 is 10.2 Å². The van der Waals surface area contributed by atoms with Gasteiger partial charge in [0.25, 0.3) is 0 Å². The van der Waals surface area contributed by atoms with E-state index >= 15 is 0 Å². The van der Waals surface area contributed by atoms with Crippen molar-refractivity contribution >= 4 is 5.97 Å². The highest BCUT2D eigenvalue weighted by Gasteiger charge is 2.26. The summed E-state index contributed by atoms with van der Waals surface area (Å²) in [4.78, 5) is 11.1. The Morgan fingerprint density at radius 2 is 1.82 bits per heavy atom. The molecule has 3 heteroatoms. The molecule has 1 unspecified atom stereocenters. The zero-order valence-corrected chi connectivity index (χ0v) is 11.0. The Hall–Kier alpha value is -1.51. The standard InChI is InChI=1S/C14H20O3/c1-8-6-7-10(14(3,4)5)12(15)11(8)9(2)13(16)17/h6-7,9,15H,1-5H3,(H,16,17). The quantitative estimate of drug-likeness (QED) is 0.829. The predicted octanol–water partition coefficient (Wildman–Crippen LogP) is 3.19. The van der Waals surface area contributed by atoms with Gasteiger partial charge in [-0.3, -0.25) is 4.79 Å². The molecule has 0 aliphatic rings. The minimum absolute atomic E-state index is 0.118. The van der Waals surface area contributed by atoms with Crippen molar-refractivity contribution < 1.29 is 15.0 Å². The molecule has 0 aliphatic carbocycles. The summed E-state index contributed by atoms with van der Waals surface area (Å²) in [5.74, 6) is -1.50. The number of phenolic OH excluding ortho intramolecular Hbond substituents is 1. The Morgan fingerprint density at radius 3 is 2.24 bits per heavy atom. The Labute approximate surface area is 102 Å². The van der Waals surface area contributed by atoms with Gasteiger partial charge in [-0.25, -0.2) is 0 Å². The first-order chi connectivity index (χ1) is 7.66. The monoisotopic (exact) mass is 236 g/mol. The molecule has 0 bridgehead atoms. The van der Waals surface area contributed by atoms with E-state index in [2.05, 4.69) is 0 Å². The number of phenols is 1. The Balaban J connectivity index is 3.45. The fourth-order valence-corrected chi connectivity index (χ4v) is 1.98. The largest absolute Gasteiger partial charge is 0.507 e. The van der Waals surface area contributed by atoms with Gasteiger partial charge in [0, 0.05) is 5.56 Å². The average molecular weight is 236 g/mol. The van der Waals surface area contributed by atoms with E-state index in [1.807, 2.05) is 39.8 Å². The van der Waals surface area contributed by atoms with Crippen LogP contribution in [0.25, 0.3) is 0 Å². The molecular weight excluding hydrogens is 216 g/mol. The SMILES string of the molecule is Cc1ccc(C(C)(C)C)c(O)c1C(C)C(=O)O. The van der Waals surface area contributed by atoms with E-state index in [1.54, 1.807) is 6.92 Å². The molecule has 2 N–H and O–H groups in total. The molecule has 0 spiro atoms. The molecule has 3 nitrogen and oxygen atoms in total. The summed E-state index contributed by atoms with van der Waals surface area (Å²) in [6, 6.07) is 3.73. The molecule has 0 aliphatic heterocycles. The van der Waals surface area contributed by atoms with Gasteiger partial charge in [-0.15, -0.1) is 0 Å². The van der Waals surface area contributed by atoms with Gasteiger partial charge in [-0.05, 0) is 30.4 Å². The van der Waals surface area contributed by atoms with Crippen molar-refractivity contribution in [2.45, 2.75) is 46.0 Å². The summed E-state index contributed by atoms with van der Waals surface area (Å²) in [5, 5.41) is 19.3. The molecule has 0 aromatic heterocycles. The molecule has 0 heterocycles. The number of aromatic hydroxyl groups is 1. The summed E-state index contributed by atoms with van der Waals surface area (Å²) in [5.41, 5.74) is 1.91. The van der Waals surface area contributed by atoms with E-state index in [0.29, 0.717) is 5.56 Å². The first-order valence-electron chi connectivity index (χ1n) is 5.72. The number of carbonyl (C=O) groups is 1.